The number of anilines is 1. The lowest BCUT2D eigenvalue weighted by atomic mass is 9.47. The number of hydrogen-bond acceptors (Lipinski definition) is 10. The molecular weight excluding hydrogens is 684 g/mol. The number of hydrogen-bond donors (Lipinski definition) is 3. The van der Waals surface area contributed by atoms with Crippen LogP contribution in [-0.2, 0) is 36.4 Å². The second-order valence-corrected chi connectivity index (χ2v) is 16.6. The largest absolute Gasteiger partial charge is 0.496 e. The molecule has 6 heterocycles. The van der Waals surface area contributed by atoms with Crippen molar-refractivity contribution < 1.29 is 34.0 Å². The van der Waals surface area contributed by atoms with Gasteiger partial charge in [0.05, 0.1) is 27.4 Å². The van der Waals surface area contributed by atoms with Crippen LogP contribution in [0, 0.1) is 11.3 Å². The van der Waals surface area contributed by atoms with Gasteiger partial charge in [0.15, 0.2) is 0 Å². The average Bonchev–Trinajstić information content (AvgIpc) is 3.84. The van der Waals surface area contributed by atoms with Crippen molar-refractivity contribution >= 4 is 28.5 Å². The fourth-order valence-electron chi connectivity index (χ4n) is 12.5. The van der Waals surface area contributed by atoms with Crippen LogP contribution in [0.3, 0.4) is 0 Å². The molecule has 2 fully saturated rings. The molecule has 5 aliphatic heterocycles. The number of para-hydroxylation sites is 1. The molecule has 1 aliphatic carbocycles. The molecule has 1 saturated carbocycles. The molecule has 11 heteroatoms. The van der Waals surface area contributed by atoms with Gasteiger partial charge in [-0.15, -0.1) is 0 Å². The minimum atomic E-state index is -2.27. The lowest BCUT2D eigenvalue weighted by Crippen LogP contribution is -2.80. The fraction of sp³-hybridized carbons (Fsp3) is 0.535. The number of nitrogens with zero attached hydrogens (tertiary/aromatic N) is 3. The van der Waals surface area contributed by atoms with E-state index in [9.17, 15) is 15.0 Å². The van der Waals surface area contributed by atoms with E-state index in [0.29, 0.717) is 50.2 Å². The molecule has 54 heavy (non-hydrogen) atoms. The lowest BCUT2D eigenvalue weighted by Gasteiger charge is -2.63. The molecule has 0 amide bonds. The maximum absolute atomic E-state index is 15.1. The standard InChI is InChI=1S/C43H52N4O7/c1-7-25-18-26-21-42(38(49)53-5,34-28(24-46(22-25)23-26)27-12-9-10-13-31(27)44-34)30-19-29-32(20-33(30)52-4)45(3)36-41(29)15-17-47-16-11-14-40(8-2,35(41)47)37(48)43(36,51)39(50)54-6/h9-14,18-20,26,35-37,44,48,51H,7-8,15-17,21-24H2,1-6H3/t26-,35-,36?,37+,40+,41+,42-,43-/m0/s1. The minimum absolute atomic E-state index is 0.0475. The monoisotopic (exact) mass is 736 g/mol. The summed E-state index contributed by atoms with van der Waals surface area (Å²) in [4.78, 5) is 39.7. The number of aliphatic hydroxyl groups excluding tert-OH is 1. The summed E-state index contributed by atoms with van der Waals surface area (Å²) in [6.45, 7) is 7.97. The molecule has 1 saturated heterocycles. The van der Waals surface area contributed by atoms with Crippen LogP contribution >= 0.6 is 0 Å². The molecule has 9 rings (SSSR count). The van der Waals surface area contributed by atoms with Crippen molar-refractivity contribution in [2.45, 2.75) is 80.7 Å². The predicted molar refractivity (Wildman–Crippen MR) is 205 cm³/mol. The van der Waals surface area contributed by atoms with Gasteiger partial charge in [0, 0.05) is 84.0 Å². The van der Waals surface area contributed by atoms with Gasteiger partial charge in [-0.1, -0.05) is 55.8 Å². The van der Waals surface area contributed by atoms with E-state index < -0.39 is 40.0 Å². The quantitative estimate of drug-likeness (QED) is 0.251. The number of likely N-dealkylation sites (N-methyl/N-ethyl adjacent to an activating group) is 1. The second-order valence-electron chi connectivity index (χ2n) is 16.6. The van der Waals surface area contributed by atoms with Crippen LogP contribution < -0.4 is 9.64 Å². The van der Waals surface area contributed by atoms with Crippen molar-refractivity contribution in [2.24, 2.45) is 11.3 Å². The maximum Gasteiger partial charge on any atom is 0.342 e. The van der Waals surface area contributed by atoms with E-state index in [1.807, 2.05) is 43.1 Å². The van der Waals surface area contributed by atoms with Gasteiger partial charge in [-0.05, 0) is 61.4 Å². The van der Waals surface area contributed by atoms with Crippen molar-refractivity contribution in [3.05, 3.63) is 82.6 Å². The third-order valence-electron chi connectivity index (χ3n) is 14.5. The van der Waals surface area contributed by atoms with E-state index in [4.69, 9.17) is 14.2 Å². The van der Waals surface area contributed by atoms with Crippen molar-refractivity contribution in [3.63, 3.8) is 0 Å². The zero-order valence-electron chi connectivity index (χ0n) is 32.1. The van der Waals surface area contributed by atoms with Gasteiger partial charge < -0.3 is 34.3 Å². The Balaban J connectivity index is 1.37. The van der Waals surface area contributed by atoms with Gasteiger partial charge in [0.25, 0.3) is 0 Å². The minimum Gasteiger partial charge on any atom is -0.496 e. The number of rotatable bonds is 6. The number of benzene rings is 2. The van der Waals surface area contributed by atoms with Crippen molar-refractivity contribution in [1.82, 2.24) is 14.8 Å². The Labute approximate surface area is 316 Å². The summed E-state index contributed by atoms with van der Waals surface area (Å²) >= 11 is 0. The van der Waals surface area contributed by atoms with Gasteiger partial charge in [-0.3, -0.25) is 14.6 Å². The molecule has 1 spiro atoms. The zero-order chi connectivity index (χ0) is 37.9. The number of H-pyrrole nitrogens is 1. The Kier molecular flexibility index (Phi) is 8.01. The van der Waals surface area contributed by atoms with E-state index in [1.165, 1.54) is 19.8 Å². The first-order valence-electron chi connectivity index (χ1n) is 19.5. The average molecular weight is 737 g/mol. The number of nitrogens with one attached hydrogen (secondary N) is 1. The summed E-state index contributed by atoms with van der Waals surface area (Å²) in [6, 6.07) is 11.3. The van der Waals surface area contributed by atoms with Crippen LogP contribution in [0.4, 0.5) is 5.69 Å². The van der Waals surface area contributed by atoms with E-state index in [1.54, 1.807) is 7.11 Å². The van der Waals surface area contributed by atoms with Gasteiger partial charge in [0.2, 0.25) is 5.60 Å². The summed E-state index contributed by atoms with van der Waals surface area (Å²) in [6.07, 6.45) is 7.52. The first-order chi connectivity index (χ1) is 26.0. The molecule has 11 nitrogen and oxygen atoms in total. The molecule has 2 aromatic carbocycles. The molecule has 9 atom stereocenters. The number of aromatic nitrogens is 1. The number of methoxy groups -OCH3 is 3. The number of carbonyl (C=O) groups excluding carboxylic acids is 2. The number of aromatic amines is 1. The zero-order valence-corrected chi connectivity index (χ0v) is 32.1. The first-order valence-corrected chi connectivity index (χ1v) is 19.5. The highest BCUT2D eigenvalue weighted by Gasteiger charge is 2.79. The van der Waals surface area contributed by atoms with E-state index in [-0.39, 0.29) is 17.9 Å². The van der Waals surface area contributed by atoms with Gasteiger partial charge in [0.1, 0.15) is 17.3 Å². The highest BCUT2D eigenvalue weighted by molar-refractivity contribution is 5.95. The van der Waals surface area contributed by atoms with Crippen molar-refractivity contribution in [3.8, 4) is 5.75 Å². The molecule has 0 radical (unpaired) electrons. The lowest BCUT2D eigenvalue weighted by molar-refractivity contribution is -0.218. The van der Waals surface area contributed by atoms with Crippen LogP contribution in [-0.4, -0.2) is 115 Å². The third kappa shape index (κ3) is 4.21. The number of esters is 2. The molecule has 3 N–H and O–H groups in total. The topological polar surface area (TPSA) is 128 Å². The molecular formula is C43H52N4O7. The Hall–Kier alpha value is -4.16. The van der Waals surface area contributed by atoms with Crippen molar-refractivity contribution in [1.29, 1.82) is 0 Å². The number of fused-ring (bicyclic) bond motifs is 6. The highest BCUT2D eigenvalue weighted by Crippen LogP contribution is 2.67. The van der Waals surface area contributed by atoms with Crippen LogP contribution in [0.1, 0.15) is 61.9 Å². The highest BCUT2D eigenvalue weighted by atomic mass is 16.5. The smallest absolute Gasteiger partial charge is 0.342 e. The first kappa shape index (κ1) is 35.5. The summed E-state index contributed by atoms with van der Waals surface area (Å²) in [5.74, 6) is -0.669. The summed E-state index contributed by atoms with van der Waals surface area (Å²) in [7, 11) is 6.24. The predicted octanol–water partition coefficient (Wildman–Crippen LogP) is 4.18. The van der Waals surface area contributed by atoms with E-state index in [2.05, 4.69) is 52.1 Å². The van der Waals surface area contributed by atoms with Crippen molar-refractivity contribution in [2.75, 3.05) is 59.5 Å². The Bertz CT molecular complexity index is 2130. The molecule has 1 aromatic heterocycles. The van der Waals surface area contributed by atoms with E-state index in [0.717, 1.165) is 52.9 Å². The summed E-state index contributed by atoms with van der Waals surface area (Å²) in [5, 5.41) is 26.3. The van der Waals surface area contributed by atoms with Gasteiger partial charge in [-0.25, -0.2) is 4.79 Å². The Morgan fingerprint density at radius 2 is 1.80 bits per heavy atom. The third-order valence-corrected chi connectivity index (χ3v) is 14.5. The van der Waals surface area contributed by atoms with Crippen LogP contribution in [0.2, 0.25) is 0 Å². The molecule has 3 aromatic rings. The number of ether oxygens (including phenoxy) is 3. The van der Waals surface area contributed by atoms with Crippen LogP contribution in [0.15, 0.2) is 60.2 Å². The second kappa shape index (κ2) is 12.2. The Morgan fingerprint density at radius 1 is 1.02 bits per heavy atom. The fourth-order valence-corrected chi connectivity index (χ4v) is 12.5. The summed E-state index contributed by atoms with van der Waals surface area (Å²) in [5.41, 5.74) is 1.24. The van der Waals surface area contributed by atoms with Gasteiger partial charge in [-0.2, -0.15) is 0 Å². The molecule has 6 aliphatic rings. The SMILES string of the molecule is CCC1=C[C@@H]2CN(C1)Cc1c([nH]c3ccccc13)[C@@](C(=O)OC)(c1cc3c(cc1OC)N(C)C1[C@]34CCN3CC=C[C@@](CC)([C@@H](O)[C@]1(O)C(=O)OC)[C@H]34)C2. The van der Waals surface area contributed by atoms with Crippen LogP contribution in [0.25, 0.3) is 10.9 Å². The summed E-state index contributed by atoms with van der Waals surface area (Å²) < 4.78 is 17.6. The van der Waals surface area contributed by atoms with Crippen LogP contribution in [0.5, 0.6) is 5.75 Å². The van der Waals surface area contributed by atoms with E-state index >= 15 is 4.79 Å². The number of aliphatic hydroxyl groups is 2. The molecule has 2 bridgehead atoms. The Morgan fingerprint density at radius 3 is 2.52 bits per heavy atom. The maximum atomic E-state index is 15.1. The number of carbonyl (C=O) groups is 2. The normalized spacial score (nSPS) is 36.3. The molecule has 286 valence electrons. The molecule has 2 unspecified atom stereocenters. The van der Waals surface area contributed by atoms with Gasteiger partial charge >= 0.3 is 11.9 Å².